The summed E-state index contributed by atoms with van der Waals surface area (Å²) < 4.78 is 11.8. The van der Waals surface area contributed by atoms with Crippen molar-refractivity contribution >= 4 is 5.91 Å². The minimum Gasteiger partial charge on any atom is -0.381 e. The van der Waals surface area contributed by atoms with Gasteiger partial charge in [0, 0.05) is 50.8 Å². The van der Waals surface area contributed by atoms with Crippen molar-refractivity contribution in [1.29, 1.82) is 0 Å². The highest BCUT2D eigenvalue weighted by atomic mass is 16.5. The zero-order valence-electron chi connectivity index (χ0n) is 15.7. The van der Waals surface area contributed by atoms with Crippen LogP contribution in [-0.2, 0) is 15.1 Å². The highest BCUT2D eigenvalue weighted by molar-refractivity contribution is 5.92. The molecule has 0 radical (unpaired) electrons. The highest BCUT2D eigenvalue weighted by Crippen LogP contribution is 2.51. The Morgan fingerprint density at radius 2 is 2.08 bits per heavy atom. The fourth-order valence-electron chi connectivity index (χ4n) is 5.60. The third-order valence-electron chi connectivity index (χ3n) is 6.75. The molecule has 26 heavy (non-hydrogen) atoms. The molecule has 1 saturated carbocycles. The first-order valence-electron chi connectivity index (χ1n) is 9.89. The summed E-state index contributed by atoms with van der Waals surface area (Å²) in [5.74, 6) is 1.20. The van der Waals surface area contributed by atoms with Crippen molar-refractivity contribution in [2.45, 2.75) is 31.3 Å². The van der Waals surface area contributed by atoms with Crippen LogP contribution in [0.25, 0.3) is 0 Å². The maximum Gasteiger partial charge on any atom is 0.248 e. The lowest BCUT2D eigenvalue weighted by Crippen LogP contribution is -2.59. The molecule has 3 fully saturated rings. The van der Waals surface area contributed by atoms with E-state index in [1.54, 1.807) is 6.07 Å². The summed E-state index contributed by atoms with van der Waals surface area (Å²) in [7, 11) is 1.84. The first-order valence-corrected chi connectivity index (χ1v) is 9.89. The molecule has 0 aromatic heterocycles. The van der Waals surface area contributed by atoms with Gasteiger partial charge in [0.2, 0.25) is 5.91 Å². The maximum atomic E-state index is 11.7. The second kappa shape index (κ2) is 7.29. The third kappa shape index (κ3) is 3.06. The lowest BCUT2D eigenvalue weighted by molar-refractivity contribution is -0.170. The van der Waals surface area contributed by atoms with E-state index in [1.165, 1.54) is 25.7 Å². The van der Waals surface area contributed by atoms with E-state index in [1.807, 2.05) is 19.2 Å². The van der Waals surface area contributed by atoms with E-state index < -0.39 is 0 Å². The van der Waals surface area contributed by atoms with Crippen molar-refractivity contribution in [3.8, 4) is 0 Å². The van der Waals surface area contributed by atoms with E-state index in [9.17, 15) is 4.79 Å². The first-order chi connectivity index (χ1) is 12.6. The number of amides is 1. The summed E-state index contributed by atoms with van der Waals surface area (Å²) in [4.78, 5) is 14.3. The standard InChI is InChI=1S/C21H30N2O3/c1-25-21(17-5-2-4-16(10-17)20(22)24)18-6-3-7-19(21)13-23(12-18)11-15-8-9-26-14-15/h2,4-5,10,15,18-19H,3,6-9,11-14H2,1H3,(H2,22,24)/t15-,18-,19+,21+/m0/s1. The van der Waals surface area contributed by atoms with E-state index in [0.29, 0.717) is 23.3 Å². The summed E-state index contributed by atoms with van der Waals surface area (Å²) in [6.07, 6.45) is 4.78. The van der Waals surface area contributed by atoms with Crippen molar-refractivity contribution in [1.82, 2.24) is 4.90 Å². The number of rotatable bonds is 5. The molecule has 4 rings (SSSR count). The molecular weight excluding hydrogens is 328 g/mol. The van der Waals surface area contributed by atoms with Crippen LogP contribution in [0.4, 0.5) is 0 Å². The van der Waals surface area contributed by atoms with Gasteiger partial charge in [-0.1, -0.05) is 18.6 Å². The molecule has 5 nitrogen and oxygen atoms in total. The molecule has 3 aliphatic rings. The first kappa shape index (κ1) is 18.0. The monoisotopic (exact) mass is 358 g/mol. The summed E-state index contributed by atoms with van der Waals surface area (Å²) in [5, 5.41) is 0. The Balaban J connectivity index is 1.61. The molecule has 1 aromatic rings. The van der Waals surface area contributed by atoms with Crippen molar-refractivity contribution < 1.29 is 14.3 Å². The highest BCUT2D eigenvalue weighted by Gasteiger charge is 2.53. The second-order valence-electron chi connectivity index (χ2n) is 8.22. The number of hydrogen-bond donors (Lipinski definition) is 1. The van der Waals surface area contributed by atoms with Gasteiger partial charge in [0.1, 0.15) is 5.60 Å². The second-order valence-corrected chi connectivity index (χ2v) is 8.22. The number of carbonyl (C=O) groups excluding carboxylic acids is 1. The number of likely N-dealkylation sites (tertiary alicyclic amines) is 1. The predicted molar refractivity (Wildman–Crippen MR) is 99.8 cm³/mol. The number of hydrogen-bond acceptors (Lipinski definition) is 4. The summed E-state index contributed by atoms with van der Waals surface area (Å²) in [6.45, 7) is 5.06. The van der Waals surface area contributed by atoms with E-state index in [2.05, 4.69) is 11.0 Å². The molecule has 2 bridgehead atoms. The Morgan fingerprint density at radius 1 is 1.31 bits per heavy atom. The van der Waals surface area contributed by atoms with Gasteiger partial charge in [-0.3, -0.25) is 4.79 Å². The fraction of sp³-hybridized carbons (Fsp3) is 0.667. The number of nitrogens with two attached hydrogens (primary N) is 1. The van der Waals surface area contributed by atoms with Gasteiger partial charge in [0.25, 0.3) is 0 Å². The number of carbonyl (C=O) groups is 1. The number of nitrogens with zero attached hydrogens (tertiary/aromatic N) is 1. The van der Waals surface area contributed by atoms with Crippen LogP contribution in [0.5, 0.6) is 0 Å². The van der Waals surface area contributed by atoms with Gasteiger partial charge in [-0.05, 0) is 42.9 Å². The Labute approximate surface area is 155 Å². The molecule has 0 unspecified atom stereocenters. The number of ether oxygens (including phenoxy) is 2. The van der Waals surface area contributed by atoms with Crippen LogP contribution in [0.1, 0.15) is 41.6 Å². The molecule has 1 aromatic carbocycles. The topological polar surface area (TPSA) is 64.8 Å². The van der Waals surface area contributed by atoms with Gasteiger partial charge >= 0.3 is 0 Å². The van der Waals surface area contributed by atoms with E-state index in [0.717, 1.165) is 38.4 Å². The molecule has 1 aliphatic carbocycles. The largest absolute Gasteiger partial charge is 0.381 e. The lowest BCUT2D eigenvalue weighted by Gasteiger charge is -2.55. The van der Waals surface area contributed by atoms with Crippen LogP contribution >= 0.6 is 0 Å². The van der Waals surface area contributed by atoms with Crippen molar-refractivity contribution in [2.24, 2.45) is 23.5 Å². The van der Waals surface area contributed by atoms with Crippen LogP contribution in [0, 0.1) is 17.8 Å². The van der Waals surface area contributed by atoms with Gasteiger partial charge in [0.05, 0.1) is 6.61 Å². The van der Waals surface area contributed by atoms with Crippen LogP contribution in [0.2, 0.25) is 0 Å². The van der Waals surface area contributed by atoms with Gasteiger partial charge in [-0.2, -0.15) is 0 Å². The van der Waals surface area contributed by atoms with Gasteiger partial charge in [-0.25, -0.2) is 0 Å². The van der Waals surface area contributed by atoms with Gasteiger partial charge in [0.15, 0.2) is 0 Å². The summed E-state index contributed by atoms with van der Waals surface area (Å²) >= 11 is 0. The van der Waals surface area contributed by atoms with Gasteiger partial charge < -0.3 is 20.1 Å². The zero-order valence-corrected chi connectivity index (χ0v) is 15.7. The molecule has 1 amide bonds. The Morgan fingerprint density at radius 3 is 2.69 bits per heavy atom. The zero-order chi connectivity index (χ0) is 18.1. The molecule has 2 heterocycles. The van der Waals surface area contributed by atoms with Crippen LogP contribution < -0.4 is 5.73 Å². The molecule has 5 heteroatoms. The molecule has 2 aliphatic heterocycles. The fourth-order valence-corrected chi connectivity index (χ4v) is 5.60. The van der Waals surface area contributed by atoms with E-state index in [-0.39, 0.29) is 11.5 Å². The van der Waals surface area contributed by atoms with Crippen LogP contribution in [-0.4, -0.2) is 50.8 Å². The lowest BCUT2D eigenvalue weighted by atomic mass is 9.62. The number of fused-ring (bicyclic) bond motifs is 2. The average Bonchev–Trinajstić information content (AvgIpc) is 3.14. The number of primary amides is 1. The summed E-state index contributed by atoms with van der Waals surface area (Å²) in [5.41, 5.74) is 6.92. The van der Waals surface area contributed by atoms with Crippen molar-refractivity contribution in [3.63, 3.8) is 0 Å². The Kier molecular flexibility index (Phi) is 5.04. The van der Waals surface area contributed by atoms with Crippen LogP contribution in [0.15, 0.2) is 24.3 Å². The maximum absolute atomic E-state index is 11.7. The van der Waals surface area contributed by atoms with Crippen molar-refractivity contribution in [3.05, 3.63) is 35.4 Å². The minimum absolute atomic E-state index is 0.299. The average molecular weight is 358 g/mol. The normalized spacial score (nSPS) is 34.7. The number of piperidine rings is 1. The third-order valence-corrected chi connectivity index (χ3v) is 6.75. The van der Waals surface area contributed by atoms with Gasteiger partial charge in [-0.15, -0.1) is 0 Å². The van der Waals surface area contributed by atoms with E-state index >= 15 is 0 Å². The SMILES string of the molecule is CO[C@@]1(c2cccc(C(N)=O)c2)[C@@H]2CCC[C@H]1CN(C[C@@H]1CCOC1)C2. The quantitative estimate of drug-likeness (QED) is 0.878. The smallest absolute Gasteiger partial charge is 0.248 e. The Hall–Kier alpha value is -1.43. The summed E-state index contributed by atoms with van der Waals surface area (Å²) in [6, 6.07) is 7.80. The molecule has 0 spiro atoms. The molecule has 2 N–H and O–H groups in total. The molecular formula is C21H30N2O3. The molecule has 4 atom stereocenters. The molecule has 142 valence electrons. The predicted octanol–water partition coefficient (Wildman–Crippen LogP) is 2.40. The number of benzene rings is 1. The minimum atomic E-state index is -0.373. The van der Waals surface area contributed by atoms with Crippen molar-refractivity contribution in [2.75, 3.05) is 40.0 Å². The number of methoxy groups -OCH3 is 1. The van der Waals surface area contributed by atoms with E-state index in [4.69, 9.17) is 15.2 Å². The molecule has 2 saturated heterocycles. The van der Waals surface area contributed by atoms with Crippen LogP contribution in [0.3, 0.4) is 0 Å². The Bertz CT molecular complexity index is 642.